The van der Waals surface area contributed by atoms with Crippen molar-refractivity contribution in [2.45, 2.75) is 25.3 Å². The predicted molar refractivity (Wildman–Crippen MR) is 246 cm³/mol. The summed E-state index contributed by atoms with van der Waals surface area (Å²) < 4.78 is 5.03. The van der Waals surface area contributed by atoms with Gasteiger partial charge in [-0.2, -0.15) is 0 Å². The van der Waals surface area contributed by atoms with Crippen LogP contribution in [-0.4, -0.2) is 9.13 Å². The lowest BCUT2D eigenvalue weighted by molar-refractivity contribution is 0.599. The van der Waals surface area contributed by atoms with Crippen LogP contribution >= 0.6 is 0 Å². The summed E-state index contributed by atoms with van der Waals surface area (Å²) in [6.07, 6.45) is 17.0. The molecule has 0 saturated heterocycles. The molecule has 272 valence electrons. The van der Waals surface area contributed by atoms with E-state index < -0.39 is 0 Å². The van der Waals surface area contributed by atoms with Crippen molar-refractivity contribution in [3.63, 3.8) is 0 Å². The summed E-state index contributed by atoms with van der Waals surface area (Å²) in [7, 11) is 0. The van der Waals surface area contributed by atoms with Gasteiger partial charge in [-0.25, -0.2) is 0 Å². The molecule has 1 unspecified atom stereocenters. The minimum Gasteiger partial charge on any atom is -0.337 e. The Morgan fingerprint density at radius 3 is 2.09 bits per heavy atom. The SMILES string of the molecule is C1=CCC(n2c3c(c4cc(-c5ccc6c(c5)c5ccccc5n6-c5ccc(-c6ccc7c(c6)-c6cc8ccccc8c8cccc-7c68)cc5)ccc42)C=CCC3)C=C1. The van der Waals surface area contributed by atoms with Gasteiger partial charge in [-0.3, -0.25) is 0 Å². The molecular weight excluding hydrogens is 701 g/mol. The fourth-order valence-corrected chi connectivity index (χ4v) is 10.6. The first-order valence-corrected chi connectivity index (χ1v) is 20.7. The van der Waals surface area contributed by atoms with Crippen molar-refractivity contribution in [1.29, 1.82) is 0 Å². The van der Waals surface area contributed by atoms with E-state index in [1.807, 2.05) is 0 Å². The third-order valence-corrected chi connectivity index (χ3v) is 13.2. The Kier molecular flexibility index (Phi) is 6.71. The number of fused-ring (bicyclic) bond motifs is 11. The molecule has 0 aliphatic heterocycles. The van der Waals surface area contributed by atoms with E-state index in [1.54, 1.807) is 0 Å². The van der Waals surface area contributed by atoms with Crippen LogP contribution in [0.4, 0.5) is 0 Å². The van der Waals surface area contributed by atoms with Crippen LogP contribution in [0.2, 0.25) is 0 Å². The van der Waals surface area contributed by atoms with Crippen LogP contribution in [0.5, 0.6) is 0 Å². The smallest absolute Gasteiger partial charge is 0.0557 e. The summed E-state index contributed by atoms with van der Waals surface area (Å²) in [5.74, 6) is 0. The Labute approximate surface area is 336 Å². The van der Waals surface area contributed by atoms with Crippen LogP contribution in [0, 0.1) is 0 Å². The summed E-state index contributed by atoms with van der Waals surface area (Å²) in [5, 5.41) is 9.22. The van der Waals surface area contributed by atoms with Gasteiger partial charge in [0.05, 0.1) is 17.1 Å². The number of hydrogen-bond acceptors (Lipinski definition) is 0. The van der Waals surface area contributed by atoms with Crippen molar-refractivity contribution in [2.24, 2.45) is 0 Å². The van der Waals surface area contributed by atoms with Gasteiger partial charge >= 0.3 is 0 Å². The number of rotatable bonds is 4. The normalized spacial score (nSPS) is 15.3. The lowest BCUT2D eigenvalue weighted by Gasteiger charge is -2.21. The molecule has 2 heterocycles. The number of nitrogens with zero attached hydrogens (tertiary/aromatic N) is 2. The fraction of sp³-hybridized carbons (Fsp3) is 0.0714. The number of hydrogen-bond donors (Lipinski definition) is 0. The van der Waals surface area contributed by atoms with Crippen LogP contribution in [0.15, 0.2) is 182 Å². The second kappa shape index (κ2) is 12.2. The van der Waals surface area contributed by atoms with Gasteiger partial charge in [0.15, 0.2) is 0 Å². The van der Waals surface area contributed by atoms with Crippen molar-refractivity contribution in [3.8, 4) is 50.2 Å². The standard InChI is InChI=1S/C56H38N2/c1-2-12-40(13-3-1)57-52-19-8-6-15-44(52)49-32-37(24-29-54(49)57)38-25-30-55-50(33-38)45-16-7-9-20-53(45)58(55)41-26-21-35(22-27-41)36-23-28-43-47-18-10-17-46-42-14-5-4-11-39(42)34-51(56(46)47)48(43)31-36/h1-7,9-12,14-18,20-34,40H,8,13,19H2. The topological polar surface area (TPSA) is 9.86 Å². The lowest BCUT2D eigenvalue weighted by atomic mass is 9.95. The van der Waals surface area contributed by atoms with Gasteiger partial charge in [0.2, 0.25) is 0 Å². The molecule has 0 spiro atoms. The summed E-state index contributed by atoms with van der Waals surface area (Å²) in [5.41, 5.74) is 18.1. The van der Waals surface area contributed by atoms with Gasteiger partial charge in [0, 0.05) is 38.6 Å². The first-order chi connectivity index (χ1) is 28.8. The van der Waals surface area contributed by atoms with Gasteiger partial charge < -0.3 is 9.13 Å². The number of aromatic nitrogens is 2. The monoisotopic (exact) mass is 738 g/mol. The highest BCUT2D eigenvalue weighted by Crippen LogP contribution is 2.50. The summed E-state index contributed by atoms with van der Waals surface area (Å²) >= 11 is 0. The molecule has 0 N–H and O–H groups in total. The maximum absolute atomic E-state index is 2.60. The van der Waals surface area contributed by atoms with Gasteiger partial charge in [0.25, 0.3) is 0 Å². The minimum absolute atomic E-state index is 0.368. The number of para-hydroxylation sites is 1. The maximum atomic E-state index is 2.60. The zero-order valence-corrected chi connectivity index (χ0v) is 32.0. The van der Waals surface area contributed by atoms with Crippen LogP contribution in [0.1, 0.15) is 30.1 Å². The second-order valence-corrected chi connectivity index (χ2v) is 16.3. The quantitative estimate of drug-likeness (QED) is 0.159. The average Bonchev–Trinajstić information content (AvgIpc) is 3.92. The molecule has 58 heavy (non-hydrogen) atoms. The number of allylic oxidation sites excluding steroid dienone is 5. The molecule has 0 amide bonds. The average molecular weight is 739 g/mol. The second-order valence-electron chi connectivity index (χ2n) is 16.3. The highest BCUT2D eigenvalue weighted by Gasteiger charge is 2.25. The summed E-state index contributed by atoms with van der Waals surface area (Å²) in [6, 6.07) is 57.5. The van der Waals surface area contributed by atoms with E-state index in [0.29, 0.717) is 6.04 Å². The van der Waals surface area contributed by atoms with Crippen molar-refractivity contribution in [3.05, 3.63) is 193 Å². The van der Waals surface area contributed by atoms with E-state index in [9.17, 15) is 0 Å². The Balaban J connectivity index is 0.888. The predicted octanol–water partition coefficient (Wildman–Crippen LogP) is 15.0. The zero-order chi connectivity index (χ0) is 37.9. The van der Waals surface area contributed by atoms with E-state index in [2.05, 4.69) is 197 Å². The molecule has 3 aliphatic carbocycles. The molecule has 1 atom stereocenters. The number of benzene rings is 8. The molecule has 0 bridgehead atoms. The van der Waals surface area contributed by atoms with Crippen LogP contribution in [0.25, 0.3) is 111 Å². The fourth-order valence-electron chi connectivity index (χ4n) is 10.6. The maximum Gasteiger partial charge on any atom is 0.0557 e. The van der Waals surface area contributed by atoms with Crippen molar-refractivity contribution in [2.75, 3.05) is 0 Å². The molecule has 2 heteroatoms. The molecule has 0 fully saturated rings. The largest absolute Gasteiger partial charge is 0.337 e. The highest BCUT2D eigenvalue weighted by atomic mass is 15.0. The molecule has 2 nitrogen and oxygen atoms in total. The molecule has 3 aliphatic rings. The molecule has 0 radical (unpaired) electrons. The van der Waals surface area contributed by atoms with E-state index in [1.165, 1.54) is 116 Å². The molecule has 8 aromatic carbocycles. The van der Waals surface area contributed by atoms with Gasteiger partial charge in [-0.1, -0.05) is 134 Å². The van der Waals surface area contributed by atoms with Gasteiger partial charge in [-0.05, 0) is 140 Å². The summed E-state index contributed by atoms with van der Waals surface area (Å²) in [6.45, 7) is 0. The van der Waals surface area contributed by atoms with Crippen molar-refractivity contribution < 1.29 is 0 Å². The third kappa shape index (κ3) is 4.54. The van der Waals surface area contributed by atoms with E-state index in [-0.39, 0.29) is 0 Å². The van der Waals surface area contributed by atoms with E-state index in [4.69, 9.17) is 0 Å². The van der Waals surface area contributed by atoms with Crippen LogP contribution in [0.3, 0.4) is 0 Å². The first kappa shape index (κ1) is 32.0. The molecule has 0 saturated carbocycles. The van der Waals surface area contributed by atoms with Crippen molar-refractivity contribution >= 4 is 60.3 Å². The lowest BCUT2D eigenvalue weighted by Crippen LogP contribution is -2.11. The van der Waals surface area contributed by atoms with E-state index in [0.717, 1.165) is 19.3 Å². The Bertz CT molecular complexity index is 3470. The Hall–Kier alpha value is -7.16. The highest BCUT2D eigenvalue weighted by molar-refractivity contribution is 6.23. The van der Waals surface area contributed by atoms with Crippen LogP contribution < -0.4 is 0 Å². The minimum atomic E-state index is 0.368. The van der Waals surface area contributed by atoms with Gasteiger partial charge in [0.1, 0.15) is 0 Å². The van der Waals surface area contributed by atoms with Gasteiger partial charge in [-0.15, -0.1) is 0 Å². The third-order valence-electron chi connectivity index (χ3n) is 13.2. The Morgan fingerprint density at radius 1 is 0.466 bits per heavy atom. The molecule has 2 aromatic heterocycles. The molecular formula is C56H38N2. The van der Waals surface area contributed by atoms with Crippen molar-refractivity contribution in [1.82, 2.24) is 9.13 Å². The molecule has 13 rings (SSSR count). The zero-order valence-electron chi connectivity index (χ0n) is 32.0. The molecule has 10 aromatic rings. The van der Waals surface area contributed by atoms with Crippen LogP contribution in [-0.2, 0) is 6.42 Å². The Morgan fingerprint density at radius 2 is 1.21 bits per heavy atom. The first-order valence-electron chi connectivity index (χ1n) is 20.7. The summed E-state index contributed by atoms with van der Waals surface area (Å²) in [4.78, 5) is 0. The van der Waals surface area contributed by atoms with E-state index >= 15 is 0 Å².